The summed E-state index contributed by atoms with van der Waals surface area (Å²) in [5.41, 5.74) is -2.79. The molecule has 0 spiro atoms. The largest absolute Gasteiger partial charge is 0.317 e. The zero-order valence-electron chi connectivity index (χ0n) is 7.33. The standard InChI is InChI=1S/C9H5FN2O3/c10-4-1-2-5-6(3-4)11-8(14)9(15)12-7(5)13/h1-3H,(H2,11,12,13,14,15). The quantitative estimate of drug-likeness (QED) is 0.584. The van der Waals surface area contributed by atoms with Crippen molar-refractivity contribution in [3.05, 3.63) is 55.1 Å². The predicted molar refractivity (Wildman–Crippen MR) is 51.4 cm³/mol. The smallest absolute Gasteiger partial charge is 0.316 e. The molecule has 76 valence electrons. The average molecular weight is 208 g/mol. The van der Waals surface area contributed by atoms with E-state index >= 15 is 0 Å². The van der Waals surface area contributed by atoms with Crippen LogP contribution in [0.3, 0.4) is 0 Å². The first-order valence-electron chi connectivity index (χ1n) is 4.04. The van der Waals surface area contributed by atoms with E-state index in [1.165, 1.54) is 6.07 Å². The lowest BCUT2D eigenvalue weighted by Gasteiger charge is -1.89. The molecule has 0 radical (unpaired) electrons. The van der Waals surface area contributed by atoms with Crippen molar-refractivity contribution in [2.24, 2.45) is 0 Å². The molecule has 1 aromatic heterocycles. The molecule has 0 saturated carbocycles. The number of halogens is 1. The Morgan fingerprint density at radius 1 is 0.933 bits per heavy atom. The van der Waals surface area contributed by atoms with E-state index in [0.29, 0.717) is 0 Å². The van der Waals surface area contributed by atoms with Crippen LogP contribution in [0.5, 0.6) is 0 Å². The summed E-state index contributed by atoms with van der Waals surface area (Å²) in [4.78, 5) is 37.3. The van der Waals surface area contributed by atoms with Crippen molar-refractivity contribution in [1.29, 1.82) is 0 Å². The van der Waals surface area contributed by atoms with Crippen LogP contribution in [0.15, 0.2) is 32.6 Å². The van der Waals surface area contributed by atoms with Crippen LogP contribution < -0.4 is 16.7 Å². The van der Waals surface area contributed by atoms with E-state index in [-0.39, 0.29) is 10.9 Å². The third kappa shape index (κ3) is 1.56. The lowest BCUT2D eigenvalue weighted by molar-refractivity contribution is 0.629. The van der Waals surface area contributed by atoms with Crippen LogP contribution in [0.1, 0.15) is 0 Å². The molecule has 1 heterocycles. The first-order valence-corrected chi connectivity index (χ1v) is 4.04. The number of fused-ring (bicyclic) bond motifs is 1. The van der Waals surface area contributed by atoms with Gasteiger partial charge in [-0.1, -0.05) is 0 Å². The van der Waals surface area contributed by atoms with Crippen molar-refractivity contribution in [2.45, 2.75) is 0 Å². The molecule has 0 aliphatic heterocycles. The van der Waals surface area contributed by atoms with E-state index < -0.39 is 22.5 Å². The lowest BCUT2D eigenvalue weighted by atomic mass is 10.2. The molecule has 0 bridgehead atoms. The van der Waals surface area contributed by atoms with Crippen molar-refractivity contribution in [3.63, 3.8) is 0 Å². The number of H-pyrrole nitrogens is 2. The van der Waals surface area contributed by atoms with Gasteiger partial charge in [0.25, 0.3) is 5.56 Å². The molecule has 0 aliphatic carbocycles. The molecule has 2 N–H and O–H groups in total. The fourth-order valence-electron chi connectivity index (χ4n) is 1.22. The van der Waals surface area contributed by atoms with Gasteiger partial charge >= 0.3 is 11.1 Å². The predicted octanol–water partition coefficient (Wildman–Crippen LogP) is -0.284. The van der Waals surface area contributed by atoms with Crippen molar-refractivity contribution in [3.8, 4) is 0 Å². The molecule has 2 rings (SSSR count). The van der Waals surface area contributed by atoms with Gasteiger partial charge in [0, 0.05) is 0 Å². The second-order valence-electron chi connectivity index (χ2n) is 2.93. The zero-order chi connectivity index (χ0) is 11.0. The van der Waals surface area contributed by atoms with E-state index in [0.717, 1.165) is 12.1 Å². The van der Waals surface area contributed by atoms with Gasteiger partial charge < -0.3 is 4.98 Å². The van der Waals surface area contributed by atoms with Gasteiger partial charge in [-0.25, -0.2) is 4.39 Å². The Kier molecular flexibility index (Phi) is 1.96. The van der Waals surface area contributed by atoms with Crippen molar-refractivity contribution in [2.75, 3.05) is 0 Å². The van der Waals surface area contributed by atoms with Gasteiger partial charge in [-0.3, -0.25) is 19.4 Å². The van der Waals surface area contributed by atoms with Gasteiger partial charge in [0.05, 0.1) is 10.9 Å². The molecular formula is C9H5FN2O3. The molecule has 0 fully saturated rings. The Bertz CT molecular complexity index is 702. The highest BCUT2D eigenvalue weighted by Gasteiger charge is 2.01. The topological polar surface area (TPSA) is 82.8 Å². The van der Waals surface area contributed by atoms with E-state index in [1.807, 2.05) is 4.98 Å². The van der Waals surface area contributed by atoms with E-state index in [4.69, 9.17) is 0 Å². The maximum Gasteiger partial charge on any atom is 0.316 e. The van der Waals surface area contributed by atoms with Gasteiger partial charge in [0.2, 0.25) is 0 Å². The first-order chi connectivity index (χ1) is 7.08. The second-order valence-corrected chi connectivity index (χ2v) is 2.93. The number of benzene rings is 1. The number of nitrogens with one attached hydrogen (secondary N) is 2. The minimum absolute atomic E-state index is 0.0108. The molecular weight excluding hydrogens is 203 g/mol. The molecule has 0 amide bonds. The van der Waals surface area contributed by atoms with Gasteiger partial charge in [0.1, 0.15) is 5.82 Å². The van der Waals surface area contributed by atoms with Crippen LogP contribution in [0.2, 0.25) is 0 Å². The summed E-state index contributed by atoms with van der Waals surface area (Å²) in [6, 6.07) is 3.24. The Morgan fingerprint density at radius 2 is 1.60 bits per heavy atom. The maximum atomic E-state index is 12.8. The summed E-state index contributed by atoms with van der Waals surface area (Å²) in [5, 5.41) is 0.0515. The summed E-state index contributed by atoms with van der Waals surface area (Å²) in [6.45, 7) is 0. The van der Waals surface area contributed by atoms with Crippen LogP contribution in [-0.4, -0.2) is 9.97 Å². The number of aromatic nitrogens is 2. The van der Waals surface area contributed by atoms with Crippen LogP contribution in [0, 0.1) is 5.82 Å². The second kappa shape index (κ2) is 3.16. The highest BCUT2D eigenvalue weighted by Crippen LogP contribution is 2.05. The minimum atomic E-state index is -1.06. The minimum Gasteiger partial charge on any atom is -0.317 e. The molecule has 0 atom stereocenters. The van der Waals surface area contributed by atoms with Crippen LogP contribution in [-0.2, 0) is 0 Å². The molecule has 6 heteroatoms. The highest BCUT2D eigenvalue weighted by molar-refractivity contribution is 5.76. The van der Waals surface area contributed by atoms with Crippen LogP contribution in [0.25, 0.3) is 10.9 Å². The summed E-state index contributed by atoms with van der Waals surface area (Å²) in [6.07, 6.45) is 0. The number of hydrogen-bond acceptors (Lipinski definition) is 3. The molecule has 2 aromatic rings. The first kappa shape index (κ1) is 9.32. The third-order valence-electron chi connectivity index (χ3n) is 1.91. The van der Waals surface area contributed by atoms with Gasteiger partial charge in [-0.05, 0) is 18.2 Å². The van der Waals surface area contributed by atoms with E-state index in [9.17, 15) is 18.8 Å². The fourth-order valence-corrected chi connectivity index (χ4v) is 1.22. The van der Waals surface area contributed by atoms with Gasteiger partial charge in [0.15, 0.2) is 0 Å². The number of rotatable bonds is 0. The lowest BCUT2D eigenvalue weighted by Crippen LogP contribution is -2.28. The summed E-state index contributed by atoms with van der Waals surface area (Å²) in [7, 11) is 0. The number of hydrogen-bond donors (Lipinski definition) is 2. The van der Waals surface area contributed by atoms with Crippen LogP contribution >= 0.6 is 0 Å². The molecule has 15 heavy (non-hydrogen) atoms. The van der Waals surface area contributed by atoms with E-state index in [2.05, 4.69) is 4.98 Å². The van der Waals surface area contributed by atoms with Crippen molar-refractivity contribution >= 4 is 10.9 Å². The Morgan fingerprint density at radius 3 is 2.33 bits per heavy atom. The molecule has 5 nitrogen and oxygen atoms in total. The molecule has 0 aliphatic rings. The normalized spacial score (nSPS) is 10.5. The van der Waals surface area contributed by atoms with Crippen LogP contribution in [0.4, 0.5) is 4.39 Å². The summed E-state index contributed by atoms with van der Waals surface area (Å²) >= 11 is 0. The van der Waals surface area contributed by atoms with Gasteiger partial charge in [-0.15, -0.1) is 0 Å². The van der Waals surface area contributed by atoms with Gasteiger partial charge in [-0.2, -0.15) is 0 Å². The SMILES string of the molecule is O=c1[nH]c(=O)c2ccc(F)cc2[nH]c1=O. The van der Waals surface area contributed by atoms with E-state index in [1.54, 1.807) is 0 Å². The Balaban J connectivity index is 3.17. The average Bonchev–Trinajstić information content (AvgIpc) is 2.25. The molecule has 0 saturated heterocycles. The molecule has 1 aromatic carbocycles. The summed E-state index contributed by atoms with van der Waals surface area (Å²) < 4.78 is 12.8. The number of aromatic amines is 2. The monoisotopic (exact) mass is 208 g/mol. The fraction of sp³-hybridized carbons (Fsp3) is 0. The zero-order valence-corrected chi connectivity index (χ0v) is 7.33. The maximum absolute atomic E-state index is 12.8. The van der Waals surface area contributed by atoms with Crippen molar-refractivity contribution < 1.29 is 4.39 Å². The molecule has 0 unspecified atom stereocenters. The highest BCUT2D eigenvalue weighted by atomic mass is 19.1. The Hall–Kier alpha value is -2.24. The van der Waals surface area contributed by atoms with Crippen molar-refractivity contribution in [1.82, 2.24) is 9.97 Å². The Labute approximate surface area is 81.2 Å². The summed E-state index contributed by atoms with van der Waals surface area (Å²) in [5.74, 6) is -0.601. The third-order valence-corrected chi connectivity index (χ3v) is 1.91.